The smallest absolute Gasteiger partial charge is 0.363 e. The lowest BCUT2D eigenvalue weighted by Crippen LogP contribution is -2.11. The molecule has 1 aliphatic heterocycles. The van der Waals surface area contributed by atoms with Crippen LogP contribution in [0.2, 0.25) is 0 Å². The summed E-state index contributed by atoms with van der Waals surface area (Å²) in [6, 6.07) is 15.0. The maximum absolute atomic E-state index is 12.2. The van der Waals surface area contributed by atoms with Crippen LogP contribution in [0.15, 0.2) is 59.2 Å². The van der Waals surface area contributed by atoms with E-state index in [-0.39, 0.29) is 11.8 Å². The number of rotatable bonds is 5. The van der Waals surface area contributed by atoms with Crippen LogP contribution in [0.1, 0.15) is 36.8 Å². The number of esters is 1. The molecule has 0 unspecified atom stereocenters. The fraction of sp³-hybridized carbons (Fsp3) is 0.273. The molecule has 2 aromatic carbocycles. The van der Waals surface area contributed by atoms with Gasteiger partial charge in [-0.2, -0.15) is 0 Å². The van der Waals surface area contributed by atoms with E-state index in [0.29, 0.717) is 17.4 Å². The van der Waals surface area contributed by atoms with Gasteiger partial charge in [0.05, 0.1) is 13.2 Å². The zero-order valence-electron chi connectivity index (χ0n) is 15.2. The molecule has 2 aliphatic rings. The van der Waals surface area contributed by atoms with Gasteiger partial charge in [-0.25, -0.2) is 9.79 Å². The van der Waals surface area contributed by atoms with Gasteiger partial charge in [0, 0.05) is 5.56 Å². The molecule has 1 aliphatic carbocycles. The van der Waals surface area contributed by atoms with Gasteiger partial charge >= 0.3 is 5.97 Å². The minimum Gasteiger partial charge on any atom is -0.493 e. The van der Waals surface area contributed by atoms with Crippen LogP contribution < -0.4 is 9.47 Å². The van der Waals surface area contributed by atoms with Crippen LogP contribution in [0.5, 0.6) is 11.5 Å². The van der Waals surface area contributed by atoms with E-state index in [9.17, 15) is 4.79 Å². The normalized spacial score (nSPS) is 18.5. The summed E-state index contributed by atoms with van der Waals surface area (Å²) >= 11 is 0. The van der Waals surface area contributed by atoms with Crippen molar-refractivity contribution in [1.29, 1.82) is 0 Å². The predicted molar refractivity (Wildman–Crippen MR) is 103 cm³/mol. The number of nitrogens with zero attached hydrogens (tertiary/aromatic N) is 1. The van der Waals surface area contributed by atoms with Crippen LogP contribution in [0.3, 0.4) is 0 Å². The Labute approximate surface area is 158 Å². The van der Waals surface area contributed by atoms with Crippen molar-refractivity contribution in [3.8, 4) is 11.5 Å². The minimum absolute atomic E-state index is 0.223. The molecule has 0 aromatic heterocycles. The third kappa shape index (κ3) is 3.87. The highest BCUT2D eigenvalue weighted by atomic mass is 16.6. The zero-order chi connectivity index (χ0) is 18.6. The first kappa shape index (κ1) is 17.3. The molecular weight excluding hydrogens is 342 g/mol. The van der Waals surface area contributed by atoms with Gasteiger partial charge in [0.25, 0.3) is 0 Å². The van der Waals surface area contributed by atoms with Crippen LogP contribution in [0, 0.1) is 0 Å². The average Bonchev–Trinajstić information content (AvgIpc) is 3.33. The van der Waals surface area contributed by atoms with Gasteiger partial charge in [0.2, 0.25) is 5.90 Å². The van der Waals surface area contributed by atoms with E-state index >= 15 is 0 Å². The maximum Gasteiger partial charge on any atom is 0.363 e. The standard InChI is InChI=1S/C22H21NO4/c1-25-19-12-11-15(14-20(19)26-17-9-5-6-10-17)13-18-22(24)27-21(23-18)16-7-3-2-4-8-16/h2-4,7-8,11-14,17H,5-6,9-10H2,1H3. The molecule has 138 valence electrons. The third-order valence-corrected chi connectivity index (χ3v) is 4.73. The maximum atomic E-state index is 12.2. The molecule has 2 aromatic rings. The summed E-state index contributed by atoms with van der Waals surface area (Å²) in [5.74, 6) is 1.25. The number of carbonyl (C=O) groups excluding carboxylic acids is 1. The van der Waals surface area contributed by atoms with E-state index in [1.54, 1.807) is 13.2 Å². The van der Waals surface area contributed by atoms with E-state index < -0.39 is 5.97 Å². The minimum atomic E-state index is -0.456. The Morgan fingerprint density at radius 1 is 1.07 bits per heavy atom. The van der Waals surface area contributed by atoms with Crippen molar-refractivity contribution in [3.63, 3.8) is 0 Å². The fourth-order valence-corrected chi connectivity index (χ4v) is 3.33. The molecule has 0 amide bonds. The summed E-state index contributed by atoms with van der Waals surface area (Å²) in [6.07, 6.45) is 6.44. The number of cyclic esters (lactones) is 1. The predicted octanol–water partition coefficient (Wildman–Crippen LogP) is 4.36. The van der Waals surface area contributed by atoms with Gasteiger partial charge in [0.15, 0.2) is 17.2 Å². The SMILES string of the molecule is COc1ccc(C=C2N=C(c3ccccc3)OC2=O)cc1OC1CCCC1. The third-order valence-electron chi connectivity index (χ3n) is 4.73. The topological polar surface area (TPSA) is 57.1 Å². The molecule has 5 heteroatoms. The fourth-order valence-electron chi connectivity index (χ4n) is 3.33. The number of hydrogen-bond donors (Lipinski definition) is 0. The quantitative estimate of drug-likeness (QED) is 0.585. The molecule has 1 fully saturated rings. The number of carbonyl (C=O) groups is 1. The Kier molecular flexibility index (Phi) is 4.92. The van der Waals surface area contributed by atoms with Crippen molar-refractivity contribution in [1.82, 2.24) is 0 Å². The molecule has 0 saturated heterocycles. The Balaban J connectivity index is 1.61. The second kappa shape index (κ2) is 7.66. The highest BCUT2D eigenvalue weighted by Crippen LogP contribution is 2.33. The van der Waals surface area contributed by atoms with Crippen molar-refractivity contribution in [3.05, 3.63) is 65.4 Å². The number of methoxy groups -OCH3 is 1. The molecule has 0 bridgehead atoms. The van der Waals surface area contributed by atoms with Gasteiger partial charge in [-0.05, 0) is 61.6 Å². The first-order valence-electron chi connectivity index (χ1n) is 9.15. The largest absolute Gasteiger partial charge is 0.493 e. The lowest BCUT2D eigenvalue weighted by atomic mass is 10.1. The second-order valence-electron chi connectivity index (χ2n) is 6.64. The Hall–Kier alpha value is -3.08. The monoisotopic (exact) mass is 363 g/mol. The Bertz CT molecular complexity index is 896. The Morgan fingerprint density at radius 3 is 2.59 bits per heavy atom. The molecule has 1 saturated carbocycles. The molecule has 4 rings (SSSR count). The van der Waals surface area contributed by atoms with E-state index in [4.69, 9.17) is 14.2 Å². The summed E-state index contributed by atoms with van der Waals surface area (Å²) < 4.78 is 16.8. The number of aliphatic imine (C=N–C) groups is 1. The van der Waals surface area contributed by atoms with Gasteiger partial charge < -0.3 is 14.2 Å². The molecule has 1 heterocycles. The molecule has 0 radical (unpaired) electrons. The van der Waals surface area contributed by atoms with Crippen LogP contribution in [0.25, 0.3) is 6.08 Å². The van der Waals surface area contributed by atoms with Gasteiger partial charge in [-0.3, -0.25) is 0 Å². The van der Waals surface area contributed by atoms with Gasteiger partial charge in [0.1, 0.15) is 0 Å². The van der Waals surface area contributed by atoms with Crippen molar-refractivity contribution < 1.29 is 19.0 Å². The zero-order valence-corrected chi connectivity index (χ0v) is 15.2. The molecule has 5 nitrogen and oxygen atoms in total. The second-order valence-corrected chi connectivity index (χ2v) is 6.64. The lowest BCUT2D eigenvalue weighted by molar-refractivity contribution is -0.129. The number of ether oxygens (including phenoxy) is 3. The van der Waals surface area contributed by atoms with Crippen LogP contribution >= 0.6 is 0 Å². The van der Waals surface area contributed by atoms with Crippen LogP contribution in [-0.2, 0) is 9.53 Å². The first-order chi connectivity index (χ1) is 13.2. The first-order valence-corrected chi connectivity index (χ1v) is 9.15. The van der Waals surface area contributed by atoms with E-state index in [1.807, 2.05) is 48.5 Å². The molecular formula is C22H21NO4. The highest BCUT2D eigenvalue weighted by molar-refractivity contribution is 6.12. The lowest BCUT2D eigenvalue weighted by Gasteiger charge is -2.16. The molecule has 27 heavy (non-hydrogen) atoms. The van der Waals surface area contributed by atoms with Crippen molar-refractivity contribution in [2.45, 2.75) is 31.8 Å². The van der Waals surface area contributed by atoms with E-state index in [2.05, 4.69) is 4.99 Å². The summed E-state index contributed by atoms with van der Waals surface area (Å²) in [5.41, 5.74) is 1.86. The summed E-state index contributed by atoms with van der Waals surface area (Å²) in [7, 11) is 1.62. The van der Waals surface area contributed by atoms with Crippen molar-refractivity contribution in [2.75, 3.05) is 7.11 Å². The van der Waals surface area contributed by atoms with E-state index in [0.717, 1.165) is 24.0 Å². The Morgan fingerprint density at radius 2 is 1.85 bits per heavy atom. The number of benzene rings is 2. The highest BCUT2D eigenvalue weighted by Gasteiger charge is 2.24. The van der Waals surface area contributed by atoms with Crippen LogP contribution in [-0.4, -0.2) is 25.1 Å². The summed E-state index contributed by atoms with van der Waals surface area (Å²) in [4.78, 5) is 16.5. The van der Waals surface area contributed by atoms with Gasteiger partial charge in [-0.1, -0.05) is 24.3 Å². The average molecular weight is 363 g/mol. The molecule has 0 N–H and O–H groups in total. The summed E-state index contributed by atoms with van der Waals surface area (Å²) in [6.45, 7) is 0. The van der Waals surface area contributed by atoms with Crippen molar-refractivity contribution in [2.24, 2.45) is 4.99 Å². The molecule has 0 atom stereocenters. The summed E-state index contributed by atoms with van der Waals surface area (Å²) in [5, 5.41) is 0. The van der Waals surface area contributed by atoms with Crippen LogP contribution in [0.4, 0.5) is 0 Å². The van der Waals surface area contributed by atoms with Gasteiger partial charge in [-0.15, -0.1) is 0 Å². The van der Waals surface area contributed by atoms with Crippen molar-refractivity contribution >= 4 is 17.9 Å². The number of hydrogen-bond acceptors (Lipinski definition) is 5. The molecule has 0 spiro atoms. The van der Waals surface area contributed by atoms with E-state index in [1.165, 1.54) is 12.8 Å².